The molecule has 0 bridgehead atoms. The molecule has 0 aliphatic carbocycles. The maximum Gasteiger partial charge on any atom is 0.181 e. The third-order valence-corrected chi connectivity index (χ3v) is 2.94. The van der Waals surface area contributed by atoms with Crippen LogP contribution in [0.15, 0.2) is 91.0 Å². The molecule has 0 heterocycles. The van der Waals surface area contributed by atoms with Crippen LogP contribution in [-0.2, 0) is 6.42 Å². The van der Waals surface area contributed by atoms with Crippen LogP contribution < -0.4 is 0 Å². The van der Waals surface area contributed by atoms with Crippen molar-refractivity contribution in [3.63, 3.8) is 0 Å². The van der Waals surface area contributed by atoms with E-state index >= 15 is 0 Å². The lowest BCUT2D eigenvalue weighted by molar-refractivity contribution is 0.475. The Morgan fingerprint density at radius 3 is 1.18 bits per heavy atom. The van der Waals surface area contributed by atoms with Gasteiger partial charge in [-0.2, -0.15) is 10.5 Å². The largest absolute Gasteiger partial charge is 0.508 e. The SMILES string of the molecule is CCCc1ccccc1.N#CC#N.O.Oc1ccccc1.Oc1ccccc1. The maximum atomic E-state index is 8.63. The summed E-state index contributed by atoms with van der Waals surface area (Å²) in [6.07, 6.45) is 2.45. The number of phenolic OH excluding ortho intramolecular Hbond substituents is 2. The summed E-state index contributed by atoms with van der Waals surface area (Å²) in [6, 6.07) is 30.5. The molecule has 4 N–H and O–H groups in total. The first-order valence-electron chi connectivity index (χ1n) is 8.44. The lowest BCUT2D eigenvalue weighted by Crippen LogP contribution is -1.78. The topological polar surface area (TPSA) is 120 Å². The van der Waals surface area contributed by atoms with Gasteiger partial charge < -0.3 is 15.7 Å². The Labute approximate surface area is 166 Å². The molecule has 0 amide bonds. The number of nitrogens with zero attached hydrogens (tertiary/aromatic N) is 2. The van der Waals surface area contributed by atoms with Crippen LogP contribution in [0.5, 0.6) is 11.5 Å². The number of nitriles is 2. The van der Waals surface area contributed by atoms with Crippen molar-refractivity contribution in [1.29, 1.82) is 10.5 Å². The van der Waals surface area contributed by atoms with Gasteiger partial charge in [-0.05, 0) is 36.2 Å². The van der Waals surface area contributed by atoms with Crippen molar-refractivity contribution in [2.45, 2.75) is 19.8 Å². The smallest absolute Gasteiger partial charge is 0.181 e. The summed E-state index contributed by atoms with van der Waals surface area (Å²) in [5.74, 6) is 0.644. The van der Waals surface area contributed by atoms with E-state index in [2.05, 4.69) is 37.3 Å². The molecule has 3 aromatic carbocycles. The minimum atomic E-state index is 0. The van der Waals surface area contributed by atoms with Crippen molar-refractivity contribution in [3.05, 3.63) is 96.6 Å². The van der Waals surface area contributed by atoms with Gasteiger partial charge in [-0.3, -0.25) is 0 Å². The summed E-state index contributed by atoms with van der Waals surface area (Å²) in [5, 5.41) is 31.8. The molecule has 0 aromatic heterocycles. The van der Waals surface area contributed by atoms with Crippen molar-refractivity contribution in [2.24, 2.45) is 0 Å². The van der Waals surface area contributed by atoms with Crippen molar-refractivity contribution < 1.29 is 15.7 Å². The molecular weight excluding hydrogens is 352 g/mol. The van der Waals surface area contributed by atoms with Crippen molar-refractivity contribution in [1.82, 2.24) is 0 Å². The third-order valence-electron chi connectivity index (χ3n) is 2.94. The van der Waals surface area contributed by atoms with Gasteiger partial charge in [0.15, 0.2) is 12.1 Å². The van der Waals surface area contributed by atoms with Crippen molar-refractivity contribution >= 4 is 0 Å². The van der Waals surface area contributed by atoms with Gasteiger partial charge >= 0.3 is 0 Å². The highest BCUT2D eigenvalue weighted by atomic mass is 16.3. The van der Waals surface area contributed by atoms with Crippen LogP contribution in [-0.4, -0.2) is 15.7 Å². The number of aryl methyl sites for hydroxylation is 1. The first-order chi connectivity index (χ1) is 13.1. The van der Waals surface area contributed by atoms with Crippen LogP contribution >= 0.6 is 0 Å². The van der Waals surface area contributed by atoms with Gasteiger partial charge in [0.2, 0.25) is 0 Å². The Morgan fingerprint density at radius 1 is 0.643 bits per heavy atom. The lowest BCUT2D eigenvalue weighted by Gasteiger charge is -1.93. The molecule has 5 heteroatoms. The van der Waals surface area contributed by atoms with E-state index in [0.29, 0.717) is 11.5 Å². The predicted octanol–water partition coefficient (Wildman–Crippen LogP) is 4.63. The van der Waals surface area contributed by atoms with E-state index in [4.69, 9.17) is 20.7 Å². The minimum Gasteiger partial charge on any atom is -0.508 e. The summed E-state index contributed by atoms with van der Waals surface area (Å²) in [7, 11) is 0. The van der Waals surface area contributed by atoms with E-state index in [1.807, 2.05) is 12.1 Å². The molecule has 3 rings (SSSR count). The molecule has 0 fully saturated rings. The van der Waals surface area contributed by atoms with Gasteiger partial charge in [0.1, 0.15) is 11.5 Å². The van der Waals surface area contributed by atoms with Gasteiger partial charge in [-0.25, -0.2) is 0 Å². The molecule has 146 valence electrons. The van der Waals surface area contributed by atoms with Gasteiger partial charge in [0, 0.05) is 0 Å². The summed E-state index contributed by atoms with van der Waals surface area (Å²) in [4.78, 5) is 0. The summed E-state index contributed by atoms with van der Waals surface area (Å²) >= 11 is 0. The Morgan fingerprint density at radius 2 is 0.964 bits per heavy atom. The normalized spacial score (nSPS) is 7.68. The Hall–Kier alpha value is -3.80. The first kappa shape index (κ1) is 26.4. The summed E-state index contributed by atoms with van der Waals surface area (Å²) in [6.45, 7) is 2.20. The quantitative estimate of drug-likeness (QED) is 0.675. The van der Waals surface area contributed by atoms with Gasteiger partial charge in [0.25, 0.3) is 0 Å². The summed E-state index contributed by atoms with van der Waals surface area (Å²) < 4.78 is 0. The van der Waals surface area contributed by atoms with Crippen LogP contribution in [0.1, 0.15) is 18.9 Å². The fourth-order valence-electron chi connectivity index (χ4n) is 1.79. The van der Waals surface area contributed by atoms with Gasteiger partial charge in [-0.15, -0.1) is 0 Å². The molecule has 0 unspecified atom stereocenters. The number of aromatic hydroxyl groups is 2. The zero-order chi connectivity index (χ0) is 20.2. The highest BCUT2D eigenvalue weighted by molar-refractivity contribution is 5.19. The highest BCUT2D eigenvalue weighted by Crippen LogP contribution is 2.03. The monoisotopic (exact) mass is 378 g/mol. The van der Waals surface area contributed by atoms with Crippen molar-refractivity contribution in [3.8, 4) is 23.6 Å². The molecule has 0 aliphatic heterocycles. The molecule has 0 saturated carbocycles. The standard InChI is InChI=1S/C9H12.2C6H6O.C2N2.H2O/c1-2-6-9-7-4-3-5-8-9;2*7-6-4-2-1-3-5-6;3-1-2-4;/h3-5,7-8H,2,6H2,1H3;2*1-5,7H;;1H2. The average Bonchev–Trinajstić information content (AvgIpc) is 2.71. The maximum absolute atomic E-state index is 8.63. The number of benzene rings is 3. The number of hydrogen-bond donors (Lipinski definition) is 2. The fraction of sp³-hybridized carbons (Fsp3) is 0.130. The Bertz CT molecular complexity index is 731. The van der Waals surface area contributed by atoms with Crippen LogP contribution in [0.4, 0.5) is 0 Å². The molecule has 3 aromatic rings. The zero-order valence-corrected chi connectivity index (χ0v) is 15.9. The molecular formula is C23H26N2O3. The van der Waals surface area contributed by atoms with Crippen molar-refractivity contribution in [2.75, 3.05) is 0 Å². The van der Waals surface area contributed by atoms with E-state index in [-0.39, 0.29) is 5.48 Å². The fourth-order valence-corrected chi connectivity index (χ4v) is 1.79. The zero-order valence-electron chi connectivity index (χ0n) is 15.9. The average molecular weight is 378 g/mol. The van der Waals surface area contributed by atoms with E-state index in [1.54, 1.807) is 48.5 Å². The number of phenols is 2. The number of para-hydroxylation sites is 2. The molecule has 0 saturated heterocycles. The highest BCUT2D eigenvalue weighted by Gasteiger charge is 1.84. The van der Waals surface area contributed by atoms with Crippen LogP contribution in [0, 0.1) is 22.7 Å². The number of hydrogen-bond acceptors (Lipinski definition) is 4. The Balaban J connectivity index is 0. The van der Waals surface area contributed by atoms with Gasteiger partial charge in [0.05, 0.1) is 0 Å². The van der Waals surface area contributed by atoms with E-state index in [0.717, 1.165) is 0 Å². The molecule has 0 spiro atoms. The van der Waals surface area contributed by atoms with Crippen LogP contribution in [0.2, 0.25) is 0 Å². The molecule has 28 heavy (non-hydrogen) atoms. The predicted molar refractivity (Wildman–Crippen MR) is 111 cm³/mol. The molecule has 0 radical (unpaired) electrons. The second-order valence-electron chi connectivity index (χ2n) is 5.13. The van der Waals surface area contributed by atoms with E-state index in [9.17, 15) is 0 Å². The van der Waals surface area contributed by atoms with Crippen LogP contribution in [0.25, 0.3) is 0 Å². The van der Waals surface area contributed by atoms with E-state index < -0.39 is 0 Å². The third kappa shape index (κ3) is 17.0. The lowest BCUT2D eigenvalue weighted by atomic mass is 10.1. The van der Waals surface area contributed by atoms with Gasteiger partial charge in [-0.1, -0.05) is 80.1 Å². The van der Waals surface area contributed by atoms with E-state index in [1.165, 1.54) is 30.5 Å². The first-order valence-corrected chi connectivity index (χ1v) is 8.44. The van der Waals surface area contributed by atoms with Crippen LogP contribution in [0.3, 0.4) is 0 Å². The second-order valence-corrected chi connectivity index (χ2v) is 5.13. The molecule has 0 aliphatic rings. The summed E-state index contributed by atoms with van der Waals surface area (Å²) in [5.41, 5.74) is 1.44. The number of rotatable bonds is 2. The second kappa shape index (κ2) is 19.5. The molecule has 0 atom stereocenters. The Kier molecular flexibility index (Phi) is 18.4. The molecule has 5 nitrogen and oxygen atoms in total. The minimum absolute atomic E-state index is 0.